The maximum absolute atomic E-state index is 12.1. The molecule has 0 amide bonds. The quantitative estimate of drug-likeness (QED) is 0.868. The van der Waals surface area contributed by atoms with Crippen LogP contribution in [0.4, 0.5) is 0 Å². The molecule has 2 heterocycles. The third-order valence-corrected chi connectivity index (χ3v) is 4.62. The maximum atomic E-state index is 12.1. The van der Waals surface area contributed by atoms with E-state index in [9.17, 15) is 4.21 Å². The topological polar surface area (TPSA) is 42.0 Å². The van der Waals surface area contributed by atoms with E-state index < -0.39 is 10.8 Å². The van der Waals surface area contributed by atoms with Gasteiger partial charge in [0.25, 0.3) is 0 Å². The van der Waals surface area contributed by atoms with Gasteiger partial charge >= 0.3 is 0 Å². The van der Waals surface area contributed by atoms with Crippen LogP contribution in [0, 0.1) is 5.92 Å². The molecule has 1 aliphatic rings. The van der Waals surface area contributed by atoms with E-state index in [1.807, 2.05) is 18.2 Å². The molecule has 0 aromatic carbocycles. The van der Waals surface area contributed by atoms with Crippen LogP contribution in [0.25, 0.3) is 0 Å². The SMILES string of the molecule is O=[S@@](C[C@@H]1CCCNC1)c1cccc(Br)n1. The van der Waals surface area contributed by atoms with Gasteiger partial charge in [0, 0.05) is 5.75 Å². The van der Waals surface area contributed by atoms with Crippen LogP contribution in [-0.4, -0.2) is 28.0 Å². The number of aromatic nitrogens is 1. The molecule has 0 saturated carbocycles. The first kappa shape index (κ1) is 12.2. The Balaban J connectivity index is 1.97. The molecule has 1 aliphatic heterocycles. The van der Waals surface area contributed by atoms with Crippen molar-refractivity contribution in [2.45, 2.75) is 17.9 Å². The Morgan fingerprint density at radius 3 is 3.12 bits per heavy atom. The van der Waals surface area contributed by atoms with E-state index in [0.717, 1.165) is 23.4 Å². The minimum atomic E-state index is -0.972. The molecule has 0 radical (unpaired) electrons. The summed E-state index contributed by atoms with van der Waals surface area (Å²) in [5.41, 5.74) is 0. The van der Waals surface area contributed by atoms with Crippen LogP contribution in [0.2, 0.25) is 0 Å². The summed E-state index contributed by atoms with van der Waals surface area (Å²) < 4.78 is 12.8. The smallest absolute Gasteiger partial charge is 0.128 e. The summed E-state index contributed by atoms with van der Waals surface area (Å²) in [5, 5.41) is 4.02. The van der Waals surface area contributed by atoms with Gasteiger partial charge < -0.3 is 5.32 Å². The van der Waals surface area contributed by atoms with Gasteiger partial charge in [0.1, 0.15) is 9.63 Å². The Hall–Kier alpha value is -0.260. The molecule has 1 N–H and O–H groups in total. The lowest BCUT2D eigenvalue weighted by Gasteiger charge is -2.21. The van der Waals surface area contributed by atoms with Gasteiger partial charge in [-0.05, 0) is 59.9 Å². The van der Waals surface area contributed by atoms with Crippen LogP contribution in [0.5, 0.6) is 0 Å². The van der Waals surface area contributed by atoms with Gasteiger partial charge in [-0.3, -0.25) is 4.21 Å². The summed E-state index contributed by atoms with van der Waals surface area (Å²) in [6, 6.07) is 5.56. The number of nitrogens with zero attached hydrogens (tertiary/aromatic N) is 1. The number of nitrogens with one attached hydrogen (secondary N) is 1. The lowest BCUT2D eigenvalue weighted by molar-refractivity contribution is 0.408. The van der Waals surface area contributed by atoms with E-state index in [2.05, 4.69) is 26.2 Å². The van der Waals surface area contributed by atoms with Crippen molar-refractivity contribution in [3.05, 3.63) is 22.8 Å². The summed E-state index contributed by atoms with van der Waals surface area (Å²) in [6.07, 6.45) is 2.36. The van der Waals surface area contributed by atoms with E-state index >= 15 is 0 Å². The molecule has 1 aromatic heterocycles. The molecule has 1 aromatic rings. The van der Waals surface area contributed by atoms with E-state index in [1.54, 1.807) is 0 Å². The number of piperidine rings is 1. The van der Waals surface area contributed by atoms with Crippen molar-refractivity contribution in [2.75, 3.05) is 18.8 Å². The van der Waals surface area contributed by atoms with Crippen molar-refractivity contribution >= 4 is 26.7 Å². The lowest BCUT2D eigenvalue weighted by atomic mass is 10.0. The van der Waals surface area contributed by atoms with Gasteiger partial charge in [-0.25, -0.2) is 4.98 Å². The van der Waals surface area contributed by atoms with Crippen molar-refractivity contribution in [1.29, 1.82) is 0 Å². The summed E-state index contributed by atoms with van der Waals surface area (Å²) in [7, 11) is -0.972. The highest BCUT2D eigenvalue weighted by Gasteiger charge is 2.17. The van der Waals surface area contributed by atoms with E-state index in [-0.39, 0.29) is 0 Å². The van der Waals surface area contributed by atoms with Crippen molar-refractivity contribution in [2.24, 2.45) is 5.92 Å². The van der Waals surface area contributed by atoms with Crippen LogP contribution >= 0.6 is 15.9 Å². The number of halogens is 1. The Kier molecular flexibility index (Phi) is 4.49. The summed E-state index contributed by atoms with van der Waals surface area (Å²) >= 11 is 3.30. The Morgan fingerprint density at radius 2 is 2.44 bits per heavy atom. The van der Waals surface area contributed by atoms with Gasteiger partial charge in [-0.2, -0.15) is 0 Å². The molecule has 0 bridgehead atoms. The predicted molar refractivity (Wildman–Crippen MR) is 68.8 cm³/mol. The molecule has 3 nitrogen and oxygen atoms in total. The number of rotatable bonds is 3. The lowest BCUT2D eigenvalue weighted by Crippen LogP contribution is -2.32. The second-order valence-corrected chi connectivity index (χ2v) is 6.28. The number of hydrogen-bond donors (Lipinski definition) is 1. The molecule has 1 saturated heterocycles. The largest absolute Gasteiger partial charge is 0.316 e. The molecule has 0 spiro atoms. The van der Waals surface area contributed by atoms with Crippen molar-refractivity contribution in [3.8, 4) is 0 Å². The standard InChI is InChI=1S/C11H15BrN2OS/c12-10-4-1-5-11(14-10)16(15)8-9-3-2-6-13-7-9/h1,4-5,9,13H,2-3,6-8H2/t9-,16+/m1/s1. The third-order valence-electron chi connectivity index (χ3n) is 2.71. The third kappa shape index (κ3) is 3.37. The molecule has 1 fully saturated rings. The van der Waals surface area contributed by atoms with Gasteiger partial charge in [-0.15, -0.1) is 0 Å². The fourth-order valence-electron chi connectivity index (χ4n) is 1.88. The molecule has 88 valence electrons. The van der Waals surface area contributed by atoms with Crippen LogP contribution < -0.4 is 5.32 Å². The zero-order valence-electron chi connectivity index (χ0n) is 8.99. The van der Waals surface area contributed by atoms with Gasteiger partial charge in [0.15, 0.2) is 0 Å². The fraction of sp³-hybridized carbons (Fsp3) is 0.545. The van der Waals surface area contributed by atoms with E-state index in [0.29, 0.717) is 10.9 Å². The monoisotopic (exact) mass is 302 g/mol. The number of pyridine rings is 1. The number of hydrogen-bond acceptors (Lipinski definition) is 3. The Morgan fingerprint density at radius 1 is 1.56 bits per heavy atom. The molecule has 0 unspecified atom stereocenters. The van der Waals surface area contributed by atoms with Crippen molar-refractivity contribution in [3.63, 3.8) is 0 Å². The Labute approximate surface area is 107 Å². The average Bonchev–Trinajstić information content (AvgIpc) is 2.30. The van der Waals surface area contributed by atoms with E-state index in [1.165, 1.54) is 12.8 Å². The minimum Gasteiger partial charge on any atom is -0.316 e. The second kappa shape index (κ2) is 5.89. The second-order valence-electron chi connectivity index (χ2n) is 4.02. The molecular weight excluding hydrogens is 288 g/mol. The Bertz CT molecular complexity index is 380. The van der Waals surface area contributed by atoms with Crippen LogP contribution in [0.1, 0.15) is 12.8 Å². The molecular formula is C11H15BrN2OS. The first-order chi connectivity index (χ1) is 7.75. The van der Waals surface area contributed by atoms with Crippen LogP contribution in [0.3, 0.4) is 0 Å². The molecule has 2 atom stereocenters. The highest BCUT2D eigenvalue weighted by Crippen LogP contribution is 2.16. The molecule has 16 heavy (non-hydrogen) atoms. The summed E-state index contributed by atoms with van der Waals surface area (Å²) in [5.74, 6) is 1.24. The van der Waals surface area contributed by atoms with E-state index in [4.69, 9.17) is 0 Å². The molecule has 2 rings (SSSR count). The summed E-state index contributed by atoms with van der Waals surface area (Å²) in [4.78, 5) is 4.23. The van der Waals surface area contributed by atoms with Gasteiger partial charge in [-0.1, -0.05) is 6.07 Å². The molecule has 0 aliphatic carbocycles. The summed E-state index contributed by atoms with van der Waals surface area (Å²) in [6.45, 7) is 2.08. The van der Waals surface area contributed by atoms with Crippen molar-refractivity contribution in [1.82, 2.24) is 10.3 Å². The van der Waals surface area contributed by atoms with Gasteiger partial charge in [0.05, 0.1) is 10.8 Å². The highest BCUT2D eigenvalue weighted by atomic mass is 79.9. The molecule has 5 heteroatoms. The first-order valence-electron chi connectivity index (χ1n) is 5.47. The average molecular weight is 303 g/mol. The highest BCUT2D eigenvalue weighted by molar-refractivity contribution is 9.10. The first-order valence-corrected chi connectivity index (χ1v) is 7.58. The van der Waals surface area contributed by atoms with Crippen molar-refractivity contribution < 1.29 is 4.21 Å². The predicted octanol–water partition coefficient (Wildman–Crippen LogP) is 1.95. The van der Waals surface area contributed by atoms with Gasteiger partial charge in [0.2, 0.25) is 0 Å². The van der Waals surface area contributed by atoms with Crippen LogP contribution in [-0.2, 0) is 10.8 Å². The zero-order chi connectivity index (χ0) is 11.4. The fourth-order valence-corrected chi connectivity index (χ4v) is 3.66. The minimum absolute atomic E-state index is 0.523. The van der Waals surface area contributed by atoms with Crippen LogP contribution in [0.15, 0.2) is 27.8 Å². The maximum Gasteiger partial charge on any atom is 0.128 e. The normalized spacial score (nSPS) is 22.9. The zero-order valence-corrected chi connectivity index (χ0v) is 11.4.